The Balaban J connectivity index is 1.36. The lowest BCUT2D eigenvalue weighted by atomic mass is 10.1. The van der Waals surface area contributed by atoms with Crippen LogP contribution in [0.2, 0.25) is 0 Å². The molecule has 1 aromatic carbocycles. The van der Waals surface area contributed by atoms with E-state index in [0.29, 0.717) is 49.6 Å². The minimum absolute atomic E-state index is 0.0955. The molecular formula is C27H33N7O5. The summed E-state index contributed by atoms with van der Waals surface area (Å²) < 4.78 is 18.1. The summed E-state index contributed by atoms with van der Waals surface area (Å²) in [7, 11) is 1.47. The minimum atomic E-state index is -0.729. The Labute approximate surface area is 226 Å². The minimum Gasteiger partial charge on any atom is -0.486 e. The molecule has 0 bridgehead atoms. The van der Waals surface area contributed by atoms with Crippen LogP contribution in [0.25, 0.3) is 5.95 Å². The van der Waals surface area contributed by atoms with E-state index >= 15 is 0 Å². The average molecular weight is 536 g/mol. The number of hydrogen-bond acceptors (Lipinski definition) is 9. The van der Waals surface area contributed by atoms with Gasteiger partial charge in [0.2, 0.25) is 17.8 Å². The van der Waals surface area contributed by atoms with Gasteiger partial charge in [0.15, 0.2) is 11.5 Å². The highest BCUT2D eigenvalue weighted by Gasteiger charge is 2.36. The first-order valence-electron chi connectivity index (χ1n) is 13.0. The number of benzene rings is 1. The fourth-order valence-corrected chi connectivity index (χ4v) is 4.62. The third kappa shape index (κ3) is 5.95. The summed E-state index contributed by atoms with van der Waals surface area (Å²) in [5.41, 5.74) is 1.75. The first-order valence-corrected chi connectivity index (χ1v) is 13.0. The highest BCUT2D eigenvalue weighted by Crippen LogP contribution is 2.30. The van der Waals surface area contributed by atoms with Crippen LogP contribution in [0.5, 0.6) is 11.5 Å². The maximum atomic E-state index is 13.5. The Hall–Kier alpha value is -4.19. The average Bonchev–Trinajstić information content (AvgIpc) is 3.51. The van der Waals surface area contributed by atoms with Gasteiger partial charge in [-0.1, -0.05) is 19.9 Å². The van der Waals surface area contributed by atoms with Gasteiger partial charge in [-0.2, -0.15) is 4.98 Å². The van der Waals surface area contributed by atoms with E-state index in [1.807, 2.05) is 29.2 Å². The number of ether oxygens (including phenoxy) is 3. The summed E-state index contributed by atoms with van der Waals surface area (Å²) in [6, 6.07) is 6.81. The van der Waals surface area contributed by atoms with Gasteiger partial charge in [-0.3, -0.25) is 14.2 Å². The van der Waals surface area contributed by atoms with Gasteiger partial charge in [0.1, 0.15) is 38.0 Å². The highest BCUT2D eigenvalue weighted by molar-refractivity contribution is 5.89. The summed E-state index contributed by atoms with van der Waals surface area (Å²) in [6.45, 7) is 6.47. The summed E-state index contributed by atoms with van der Waals surface area (Å²) in [5, 5.41) is 3.00. The van der Waals surface area contributed by atoms with E-state index < -0.39 is 6.04 Å². The number of piperazine rings is 1. The summed E-state index contributed by atoms with van der Waals surface area (Å²) >= 11 is 0. The first-order chi connectivity index (χ1) is 18.9. The molecule has 39 heavy (non-hydrogen) atoms. The van der Waals surface area contributed by atoms with Crippen LogP contribution >= 0.6 is 0 Å². The number of carbonyl (C=O) groups excluding carboxylic acids is 2. The number of amides is 2. The fraction of sp³-hybridized carbons (Fsp3) is 0.444. The number of nitrogens with zero attached hydrogens (tertiary/aromatic N) is 6. The lowest BCUT2D eigenvalue weighted by Crippen LogP contribution is -2.61. The maximum absolute atomic E-state index is 13.5. The third-order valence-corrected chi connectivity index (χ3v) is 6.72. The molecule has 12 nitrogen and oxygen atoms in total. The van der Waals surface area contributed by atoms with Crippen LogP contribution < -0.4 is 19.7 Å². The van der Waals surface area contributed by atoms with Crippen LogP contribution in [-0.4, -0.2) is 88.8 Å². The van der Waals surface area contributed by atoms with Crippen LogP contribution in [0.15, 0.2) is 43.0 Å². The molecular weight excluding hydrogens is 502 g/mol. The van der Waals surface area contributed by atoms with E-state index in [0.717, 1.165) is 11.3 Å². The van der Waals surface area contributed by atoms with Crippen molar-refractivity contribution in [2.24, 2.45) is 0 Å². The zero-order chi connectivity index (χ0) is 27.4. The predicted octanol–water partition coefficient (Wildman–Crippen LogP) is 1.54. The standard InChI is InChI=1S/C27H33N7O5/c1-18(2)20-13-24(31-27(30-20)33-7-6-28-17-33)32-8-9-34(25(35)16-37-3)21(15-32)26(36)29-14-19-4-5-22-23(12-19)39-11-10-38-22/h4-7,12-13,17-18,21H,8-11,14-16H2,1-3H3,(H,29,36). The molecule has 1 atom stereocenters. The molecule has 4 heterocycles. The second-order valence-corrected chi connectivity index (χ2v) is 9.75. The molecule has 12 heteroatoms. The topological polar surface area (TPSA) is 124 Å². The molecule has 0 spiro atoms. The molecule has 0 radical (unpaired) electrons. The van der Waals surface area contributed by atoms with Crippen LogP contribution in [0, 0.1) is 0 Å². The largest absolute Gasteiger partial charge is 0.486 e. The number of hydrogen-bond donors (Lipinski definition) is 1. The predicted molar refractivity (Wildman–Crippen MR) is 142 cm³/mol. The Morgan fingerprint density at radius 3 is 2.69 bits per heavy atom. The maximum Gasteiger partial charge on any atom is 0.249 e. The Morgan fingerprint density at radius 2 is 1.95 bits per heavy atom. The van der Waals surface area contributed by atoms with Crippen molar-refractivity contribution in [3.63, 3.8) is 0 Å². The Kier molecular flexibility index (Phi) is 7.92. The molecule has 0 aliphatic carbocycles. The third-order valence-electron chi connectivity index (χ3n) is 6.72. The molecule has 2 aromatic heterocycles. The smallest absolute Gasteiger partial charge is 0.249 e. The van der Waals surface area contributed by atoms with Crippen molar-refractivity contribution < 1.29 is 23.8 Å². The number of carbonyl (C=O) groups is 2. The molecule has 1 unspecified atom stereocenters. The molecule has 1 fully saturated rings. The van der Waals surface area contributed by atoms with Crippen molar-refractivity contribution in [1.29, 1.82) is 0 Å². The van der Waals surface area contributed by atoms with E-state index in [1.54, 1.807) is 28.2 Å². The zero-order valence-electron chi connectivity index (χ0n) is 22.4. The monoisotopic (exact) mass is 535 g/mol. The van der Waals surface area contributed by atoms with Crippen LogP contribution in [0.1, 0.15) is 31.0 Å². The lowest BCUT2D eigenvalue weighted by Gasteiger charge is -2.41. The van der Waals surface area contributed by atoms with Gasteiger partial charge in [-0.25, -0.2) is 9.97 Å². The van der Waals surface area contributed by atoms with E-state index in [2.05, 4.69) is 24.1 Å². The lowest BCUT2D eigenvalue weighted by molar-refractivity contribution is -0.143. The Bertz CT molecular complexity index is 1310. The van der Waals surface area contributed by atoms with E-state index in [4.69, 9.17) is 24.2 Å². The van der Waals surface area contributed by atoms with Gasteiger partial charge in [-0.05, 0) is 23.6 Å². The molecule has 5 rings (SSSR count). The van der Waals surface area contributed by atoms with Crippen molar-refractivity contribution >= 4 is 17.6 Å². The quantitative estimate of drug-likeness (QED) is 0.457. The van der Waals surface area contributed by atoms with Crippen LogP contribution in [0.3, 0.4) is 0 Å². The van der Waals surface area contributed by atoms with Crippen LogP contribution in [-0.2, 0) is 20.9 Å². The van der Waals surface area contributed by atoms with E-state index in [9.17, 15) is 9.59 Å². The normalized spacial score (nSPS) is 16.9. The van der Waals surface area contributed by atoms with E-state index in [1.165, 1.54) is 7.11 Å². The molecule has 2 aliphatic rings. The van der Waals surface area contributed by atoms with Gasteiger partial charge >= 0.3 is 0 Å². The van der Waals surface area contributed by atoms with Gasteiger partial charge in [0.05, 0.1) is 5.69 Å². The fourth-order valence-electron chi connectivity index (χ4n) is 4.62. The molecule has 1 N–H and O–H groups in total. The van der Waals surface area contributed by atoms with Gasteiger partial charge in [-0.15, -0.1) is 0 Å². The first kappa shape index (κ1) is 26.4. The van der Waals surface area contributed by atoms with Crippen molar-refractivity contribution in [3.05, 3.63) is 54.2 Å². The SMILES string of the molecule is COCC(=O)N1CCN(c2cc(C(C)C)nc(-n3ccnc3)n2)CC1C(=O)NCc1ccc2c(c1)OCCO2. The summed E-state index contributed by atoms with van der Waals surface area (Å²) in [5.74, 6) is 2.23. The molecule has 1 saturated heterocycles. The van der Waals surface area contributed by atoms with Crippen LogP contribution in [0.4, 0.5) is 5.82 Å². The summed E-state index contributed by atoms with van der Waals surface area (Å²) in [6.07, 6.45) is 5.12. The van der Waals surface area contributed by atoms with Gasteiger partial charge < -0.3 is 29.3 Å². The molecule has 3 aromatic rings. The number of imidazole rings is 1. The number of fused-ring (bicyclic) bond motifs is 1. The molecule has 2 aliphatic heterocycles. The molecule has 0 saturated carbocycles. The number of rotatable bonds is 8. The number of methoxy groups -OCH3 is 1. The van der Waals surface area contributed by atoms with Crippen molar-refractivity contribution in [2.75, 3.05) is 51.5 Å². The zero-order valence-corrected chi connectivity index (χ0v) is 22.4. The molecule has 2 amide bonds. The van der Waals surface area contributed by atoms with Gasteiger partial charge in [0.25, 0.3) is 0 Å². The van der Waals surface area contributed by atoms with Crippen molar-refractivity contribution in [1.82, 2.24) is 29.7 Å². The number of nitrogens with one attached hydrogen (secondary N) is 1. The highest BCUT2D eigenvalue weighted by atomic mass is 16.6. The van der Waals surface area contributed by atoms with Crippen molar-refractivity contribution in [3.8, 4) is 17.4 Å². The Morgan fingerprint density at radius 1 is 1.13 bits per heavy atom. The number of aromatic nitrogens is 4. The summed E-state index contributed by atoms with van der Waals surface area (Å²) in [4.78, 5) is 43.6. The van der Waals surface area contributed by atoms with Gasteiger partial charge in [0, 0.05) is 51.7 Å². The second kappa shape index (κ2) is 11.7. The number of anilines is 1. The van der Waals surface area contributed by atoms with E-state index in [-0.39, 0.29) is 37.4 Å². The second-order valence-electron chi connectivity index (χ2n) is 9.75. The molecule has 206 valence electrons. The van der Waals surface area contributed by atoms with Crippen molar-refractivity contribution in [2.45, 2.75) is 32.4 Å².